The lowest BCUT2D eigenvalue weighted by Crippen LogP contribution is -2.49. The average Bonchev–Trinajstić information content (AvgIpc) is 2.59. The molecule has 2 fully saturated rings. The van der Waals surface area contributed by atoms with Crippen molar-refractivity contribution in [1.82, 2.24) is 9.80 Å². The van der Waals surface area contributed by atoms with Gasteiger partial charge in [0.25, 0.3) is 0 Å². The number of likely N-dealkylation sites (tertiary alicyclic amines) is 2. The molecule has 16 heavy (non-hydrogen) atoms. The van der Waals surface area contributed by atoms with Crippen LogP contribution in [-0.2, 0) is 0 Å². The van der Waals surface area contributed by atoms with Gasteiger partial charge in [0.05, 0.1) is 0 Å². The first kappa shape index (κ1) is 12.4. The second-order valence-electron chi connectivity index (χ2n) is 6.88. The van der Waals surface area contributed by atoms with E-state index in [1.54, 1.807) is 0 Å². The van der Waals surface area contributed by atoms with Crippen LogP contribution >= 0.6 is 0 Å². The number of hydrogen-bond acceptors (Lipinski definition) is 2. The average molecular weight is 224 g/mol. The Bertz CT molecular complexity index is 242. The van der Waals surface area contributed by atoms with Gasteiger partial charge in [0, 0.05) is 30.7 Å². The van der Waals surface area contributed by atoms with Crippen molar-refractivity contribution < 1.29 is 0 Å². The summed E-state index contributed by atoms with van der Waals surface area (Å²) >= 11 is 0. The van der Waals surface area contributed by atoms with Gasteiger partial charge in [-0.2, -0.15) is 0 Å². The van der Waals surface area contributed by atoms with Crippen LogP contribution in [0.3, 0.4) is 0 Å². The van der Waals surface area contributed by atoms with Gasteiger partial charge in [0.15, 0.2) is 0 Å². The summed E-state index contributed by atoms with van der Waals surface area (Å²) in [6, 6.07) is 1.54. The van der Waals surface area contributed by atoms with Crippen molar-refractivity contribution in [3.05, 3.63) is 0 Å². The van der Waals surface area contributed by atoms with Crippen LogP contribution in [0.25, 0.3) is 0 Å². The second-order valence-corrected chi connectivity index (χ2v) is 6.88. The van der Waals surface area contributed by atoms with E-state index >= 15 is 0 Å². The van der Waals surface area contributed by atoms with Crippen LogP contribution in [0, 0.1) is 5.92 Å². The first-order chi connectivity index (χ1) is 7.39. The van der Waals surface area contributed by atoms with Crippen LogP contribution in [0.4, 0.5) is 0 Å². The molecule has 2 unspecified atom stereocenters. The van der Waals surface area contributed by atoms with E-state index in [9.17, 15) is 0 Å². The SMILES string of the molecule is CC(C)N1CCCC2CN(C(C)(C)C)CC21. The maximum Gasteiger partial charge on any atom is 0.0266 e. The summed E-state index contributed by atoms with van der Waals surface area (Å²) < 4.78 is 0. The molecule has 2 rings (SSSR count). The van der Waals surface area contributed by atoms with Crippen molar-refractivity contribution >= 4 is 0 Å². The Morgan fingerprint density at radius 3 is 2.38 bits per heavy atom. The molecule has 0 aromatic rings. The third kappa shape index (κ3) is 2.28. The topological polar surface area (TPSA) is 6.48 Å². The molecule has 0 spiro atoms. The first-order valence-electron chi connectivity index (χ1n) is 6.90. The molecule has 2 heterocycles. The lowest BCUT2D eigenvalue weighted by atomic mass is 9.91. The molecule has 2 aliphatic rings. The fraction of sp³-hybridized carbons (Fsp3) is 1.00. The maximum absolute atomic E-state index is 2.74. The van der Waals surface area contributed by atoms with Crippen LogP contribution in [0.15, 0.2) is 0 Å². The number of nitrogens with zero attached hydrogens (tertiary/aromatic N) is 2. The molecular weight excluding hydrogens is 196 g/mol. The summed E-state index contributed by atoms with van der Waals surface area (Å²) in [5.41, 5.74) is 0.347. The van der Waals surface area contributed by atoms with Gasteiger partial charge in [0.2, 0.25) is 0 Å². The fourth-order valence-electron chi connectivity index (χ4n) is 3.40. The van der Waals surface area contributed by atoms with Crippen LogP contribution in [0.5, 0.6) is 0 Å². The smallest absolute Gasteiger partial charge is 0.0266 e. The Balaban J connectivity index is 2.07. The summed E-state index contributed by atoms with van der Waals surface area (Å²) in [5.74, 6) is 0.926. The summed E-state index contributed by atoms with van der Waals surface area (Å²) in [6.07, 6.45) is 2.85. The lowest BCUT2D eigenvalue weighted by Gasteiger charge is -2.40. The van der Waals surface area contributed by atoms with Gasteiger partial charge in [-0.25, -0.2) is 0 Å². The quantitative estimate of drug-likeness (QED) is 0.675. The molecule has 0 saturated carbocycles. The number of hydrogen-bond donors (Lipinski definition) is 0. The van der Waals surface area contributed by atoms with Crippen molar-refractivity contribution in [2.45, 2.75) is 65.1 Å². The van der Waals surface area contributed by atoms with Crippen molar-refractivity contribution in [3.8, 4) is 0 Å². The highest BCUT2D eigenvalue weighted by molar-refractivity contribution is 4.98. The van der Waals surface area contributed by atoms with Gasteiger partial charge in [-0.05, 0) is 59.9 Å². The highest BCUT2D eigenvalue weighted by Gasteiger charge is 2.42. The highest BCUT2D eigenvalue weighted by atomic mass is 15.3. The number of fused-ring (bicyclic) bond motifs is 1. The van der Waals surface area contributed by atoms with Crippen LogP contribution in [-0.4, -0.2) is 47.1 Å². The Morgan fingerprint density at radius 2 is 1.81 bits per heavy atom. The van der Waals surface area contributed by atoms with Gasteiger partial charge in [0.1, 0.15) is 0 Å². The zero-order valence-electron chi connectivity index (χ0n) is 11.7. The van der Waals surface area contributed by atoms with E-state index in [4.69, 9.17) is 0 Å². The van der Waals surface area contributed by atoms with Gasteiger partial charge < -0.3 is 0 Å². The summed E-state index contributed by atoms with van der Waals surface area (Å²) in [5, 5.41) is 0. The molecule has 2 aliphatic heterocycles. The molecule has 0 amide bonds. The van der Waals surface area contributed by atoms with E-state index in [0.717, 1.165) is 12.0 Å². The van der Waals surface area contributed by atoms with Crippen molar-refractivity contribution in [2.75, 3.05) is 19.6 Å². The normalized spacial score (nSPS) is 33.4. The van der Waals surface area contributed by atoms with Crippen molar-refractivity contribution in [3.63, 3.8) is 0 Å². The largest absolute Gasteiger partial charge is 0.297 e. The summed E-state index contributed by atoms with van der Waals surface area (Å²) in [7, 11) is 0. The van der Waals surface area contributed by atoms with E-state index in [1.807, 2.05) is 0 Å². The molecule has 0 N–H and O–H groups in total. The Kier molecular flexibility index (Phi) is 3.33. The zero-order chi connectivity index (χ0) is 11.9. The molecule has 2 heteroatoms. The van der Waals surface area contributed by atoms with Crippen LogP contribution in [0.1, 0.15) is 47.5 Å². The monoisotopic (exact) mass is 224 g/mol. The first-order valence-corrected chi connectivity index (χ1v) is 6.90. The minimum Gasteiger partial charge on any atom is -0.297 e. The zero-order valence-corrected chi connectivity index (χ0v) is 11.7. The minimum atomic E-state index is 0.347. The van der Waals surface area contributed by atoms with E-state index in [0.29, 0.717) is 11.6 Å². The molecule has 2 nitrogen and oxygen atoms in total. The summed E-state index contributed by atoms with van der Waals surface area (Å²) in [6.45, 7) is 15.7. The molecular formula is C14H28N2. The minimum absolute atomic E-state index is 0.347. The fourth-order valence-corrected chi connectivity index (χ4v) is 3.40. The predicted molar refractivity (Wildman–Crippen MR) is 69.7 cm³/mol. The Hall–Kier alpha value is -0.0800. The Labute approximate surface area is 101 Å². The Morgan fingerprint density at radius 1 is 1.12 bits per heavy atom. The molecule has 0 aromatic carbocycles. The predicted octanol–water partition coefficient (Wildman–Crippen LogP) is 2.59. The number of piperidine rings is 1. The van der Waals surface area contributed by atoms with E-state index in [-0.39, 0.29) is 0 Å². The standard InChI is InChI=1S/C14H28N2/c1-11(2)16-8-6-7-12-9-15(10-13(12)16)14(3,4)5/h11-13H,6-10H2,1-5H3. The van der Waals surface area contributed by atoms with Crippen molar-refractivity contribution in [1.29, 1.82) is 0 Å². The number of rotatable bonds is 1. The molecule has 0 aliphatic carbocycles. The van der Waals surface area contributed by atoms with Gasteiger partial charge >= 0.3 is 0 Å². The summed E-state index contributed by atoms with van der Waals surface area (Å²) in [4.78, 5) is 5.42. The van der Waals surface area contributed by atoms with Crippen molar-refractivity contribution in [2.24, 2.45) is 5.92 Å². The maximum atomic E-state index is 2.74. The van der Waals surface area contributed by atoms with Crippen LogP contribution in [0.2, 0.25) is 0 Å². The van der Waals surface area contributed by atoms with Gasteiger partial charge in [-0.3, -0.25) is 9.80 Å². The lowest BCUT2D eigenvalue weighted by molar-refractivity contribution is 0.0878. The highest BCUT2D eigenvalue weighted by Crippen LogP contribution is 2.34. The molecule has 0 bridgehead atoms. The second kappa shape index (κ2) is 4.30. The van der Waals surface area contributed by atoms with Crippen LogP contribution < -0.4 is 0 Å². The van der Waals surface area contributed by atoms with Gasteiger partial charge in [-0.15, -0.1) is 0 Å². The molecule has 94 valence electrons. The van der Waals surface area contributed by atoms with E-state index < -0.39 is 0 Å². The molecule has 2 atom stereocenters. The van der Waals surface area contributed by atoms with E-state index in [1.165, 1.54) is 32.5 Å². The third-order valence-electron chi connectivity index (χ3n) is 4.44. The molecule has 0 radical (unpaired) electrons. The third-order valence-corrected chi connectivity index (χ3v) is 4.44. The van der Waals surface area contributed by atoms with Gasteiger partial charge in [-0.1, -0.05) is 0 Å². The molecule has 2 saturated heterocycles. The van der Waals surface area contributed by atoms with E-state index in [2.05, 4.69) is 44.4 Å². The molecule has 0 aromatic heterocycles.